The highest BCUT2D eigenvalue weighted by atomic mass is 31.2. The number of nitrogens with two attached hydrogens (primary N) is 1. The van der Waals surface area contributed by atoms with Crippen LogP contribution < -0.4 is 15.3 Å². The number of carbonyl (C=O) groups excluding carboxylic acids is 1. The first kappa shape index (κ1) is 27.5. The maximum Gasteiger partial charge on any atom is 0.459 e. The van der Waals surface area contributed by atoms with Crippen molar-refractivity contribution in [1.82, 2.24) is 19.7 Å². The Morgan fingerprint density at radius 1 is 1.37 bits per heavy atom. The molecule has 38 heavy (non-hydrogen) atoms. The molecule has 0 spiro atoms. The van der Waals surface area contributed by atoms with E-state index in [0.717, 1.165) is 0 Å². The van der Waals surface area contributed by atoms with Crippen LogP contribution in [-0.4, -0.2) is 68.3 Å². The van der Waals surface area contributed by atoms with Crippen LogP contribution in [0.2, 0.25) is 0 Å². The van der Waals surface area contributed by atoms with E-state index in [4.69, 9.17) is 19.5 Å². The number of methoxy groups -OCH3 is 1. The molecule has 15 heteroatoms. The van der Waals surface area contributed by atoms with Gasteiger partial charge in [-0.1, -0.05) is 18.2 Å². The fraction of sp³-hybridized carbons (Fsp3) is 0.391. The number of fused-ring (bicyclic) bond motifs is 1. The lowest BCUT2D eigenvalue weighted by atomic mass is 9.80. The summed E-state index contributed by atoms with van der Waals surface area (Å²) in [5, 5.41) is 39.1. The maximum absolute atomic E-state index is 13.6. The summed E-state index contributed by atoms with van der Waals surface area (Å²) in [6, 6.07) is 11.9. The summed E-state index contributed by atoms with van der Waals surface area (Å²) >= 11 is 0. The van der Waals surface area contributed by atoms with Gasteiger partial charge in [0.05, 0.1) is 19.4 Å². The Hall–Kier alpha value is -3.57. The van der Waals surface area contributed by atoms with Crippen LogP contribution in [-0.2, 0) is 29.0 Å². The van der Waals surface area contributed by atoms with E-state index >= 15 is 0 Å². The maximum atomic E-state index is 13.6. The van der Waals surface area contributed by atoms with E-state index in [2.05, 4.69) is 19.9 Å². The van der Waals surface area contributed by atoms with E-state index < -0.39 is 49.8 Å². The van der Waals surface area contributed by atoms with Gasteiger partial charge in [0, 0.05) is 0 Å². The molecular formula is C23H27N6O8P. The SMILES string of the molecule is COC(=O)[C@H](C)NP(=O)(OC[C@H]1O[C@@](C#N)(c2ccc3c(N)ncnn23)[C@](C)(O)[C@@H]1O)Oc1ccccc1. The van der Waals surface area contributed by atoms with Crippen molar-refractivity contribution >= 4 is 25.1 Å². The third kappa shape index (κ3) is 4.71. The number of carbonyl (C=O) groups is 1. The molecule has 202 valence electrons. The smallest absolute Gasteiger partial charge is 0.459 e. The van der Waals surface area contributed by atoms with Crippen LogP contribution in [0.3, 0.4) is 0 Å². The van der Waals surface area contributed by atoms with Gasteiger partial charge in [0.15, 0.2) is 5.82 Å². The summed E-state index contributed by atoms with van der Waals surface area (Å²) in [6.45, 7) is 2.02. The summed E-state index contributed by atoms with van der Waals surface area (Å²) in [5.74, 6) is -0.429. The molecule has 2 aromatic heterocycles. The second-order valence-electron chi connectivity index (χ2n) is 8.77. The number of esters is 1. The number of nitrogens with one attached hydrogen (secondary N) is 1. The molecule has 1 aliphatic heterocycles. The van der Waals surface area contributed by atoms with E-state index in [-0.39, 0.29) is 17.3 Å². The molecule has 1 saturated heterocycles. The molecule has 0 amide bonds. The van der Waals surface area contributed by atoms with Crippen molar-refractivity contribution in [3.8, 4) is 11.8 Å². The number of ether oxygens (including phenoxy) is 2. The van der Waals surface area contributed by atoms with Crippen molar-refractivity contribution in [2.45, 2.75) is 43.3 Å². The third-order valence-corrected chi connectivity index (χ3v) is 7.90. The summed E-state index contributed by atoms with van der Waals surface area (Å²) < 4.78 is 36.6. The fourth-order valence-electron chi connectivity index (χ4n) is 4.19. The largest absolute Gasteiger partial charge is 0.468 e. The molecule has 3 aromatic rings. The zero-order chi connectivity index (χ0) is 27.7. The van der Waals surface area contributed by atoms with Crippen LogP contribution in [0.1, 0.15) is 19.5 Å². The molecule has 0 radical (unpaired) electrons. The van der Waals surface area contributed by atoms with Crippen molar-refractivity contribution < 1.29 is 38.1 Å². The van der Waals surface area contributed by atoms with Crippen LogP contribution in [0.15, 0.2) is 48.8 Å². The minimum atomic E-state index is -4.29. The first-order valence-electron chi connectivity index (χ1n) is 11.4. The Morgan fingerprint density at radius 2 is 2.08 bits per heavy atom. The molecule has 4 rings (SSSR count). The first-order chi connectivity index (χ1) is 18.0. The number of nitrogens with zero attached hydrogens (tertiary/aromatic N) is 4. The standard InChI is InChI=1S/C23H27N6O8P/c1-14(21(31)34-3)28-38(33,37-15-7-5-4-6-8-15)35-11-17-19(30)22(2,32)23(12-24,36-17)18-10-9-16-20(25)26-13-27-29(16)18/h4-10,13-14,17,19,30,32H,11H2,1-3H3,(H,28,33)(H2,25,26,27)/t14-,17+,19+,22+,23-,38?/m0/s1. The minimum Gasteiger partial charge on any atom is -0.468 e. The number of hydrogen-bond acceptors (Lipinski definition) is 12. The van der Waals surface area contributed by atoms with E-state index in [1.165, 1.54) is 50.0 Å². The molecule has 1 aromatic carbocycles. The number of aliphatic hydroxyl groups excluding tert-OH is 1. The van der Waals surface area contributed by atoms with Gasteiger partial charge >= 0.3 is 13.7 Å². The van der Waals surface area contributed by atoms with Gasteiger partial charge in [0.2, 0.25) is 5.60 Å². The fourth-order valence-corrected chi connectivity index (χ4v) is 5.69. The molecule has 0 aliphatic carbocycles. The van der Waals surface area contributed by atoms with E-state index in [9.17, 15) is 24.8 Å². The van der Waals surface area contributed by atoms with Gasteiger partial charge < -0.3 is 29.9 Å². The lowest BCUT2D eigenvalue weighted by molar-refractivity contribution is -0.142. The first-order valence-corrected chi connectivity index (χ1v) is 13.0. The number of aromatic nitrogens is 3. The van der Waals surface area contributed by atoms with Gasteiger partial charge in [-0.3, -0.25) is 9.32 Å². The van der Waals surface area contributed by atoms with Crippen LogP contribution in [0.25, 0.3) is 5.52 Å². The van der Waals surface area contributed by atoms with Crippen molar-refractivity contribution in [1.29, 1.82) is 5.26 Å². The quantitative estimate of drug-likeness (QED) is 0.218. The summed E-state index contributed by atoms with van der Waals surface area (Å²) in [7, 11) is -3.12. The topological polar surface area (TPSA) is 204 Å². The Bertz CT molecular complexity index is 1410. The minimum absolute atomic E-state index is 0.0804. The van der Waals surface area contributed by atoms with Crippen molar-refractivity contribution in [2.75, 3.05) is 19.5 Å². The molecule has 0 bridgehead atoms. The van der Waals surface area contributed by atoms with Gasteiger partial charge in [0.25, 0.3) is 0 Å². The van der Waals surface area contributed by atoms with Crippen LogP contribution in [0, 0.1) is 11.3 Å². The predicted molar refractivity (Wildman–Crippen MR) is 131 cm³/mol. The number of rotatable bonds is 9. The number of aliphatic hydroxyl groups is 2. The average Bonchev–Trinajstić information content (AvgIpc) is 3.41. The molecule has 6 atom stereocenters. The van der Waals surface area contributed by atoms with Gasteiger partial charge in [-0.2, -0.15) is 15.4 Å². The van der Waals surface area contributed by atoms with Gasteiger partial charge in [0.1, 0.15) is 47.5 Å². The second kappa shape index (κ2) is 10.3. The van der Waals surface area contributed by atoms with Crippen LogP contribution in [0.5, 0.6) is 5.75 Å². The Morgan fingerprint density at radius 3 is 2.74 bits per heavy atom. The molecule has 14 nitrogen and oxygen atoms in total. The predicted octanol–water partition coefficient (Wildman–Crippen LogP) is 0.896. The Labute approximate surface area is 217 Å². The number of nitrogen functional groups attached to an aromatic ring is 1. The normalized spacial score (nSPS) is 27.4. The Kier molecular flexibility index (Phi) is 7.44. The highest BCUT2D eigenvalue weighted by molar-refractivity contribution is 7.52. The summed E-state index contributed by atoms with van der Waals surface area (Å²) in [5.41, 5.74) is 2.01. The third-order valence-electron chi connectivity index (χ3n) is 6.25. The second-order valence-corrected chi connectivity index (χ2v) is 10.5. The van der Waals surface area contributed by atoms with Gasteiger partial charge in [-0.15, -0.1) is 0 Å². The molecule has 0 saturated carbocycles. The zero-order valence-corrected chi connectivity index (χ0v) is 21.6. The van der Waals surface area contributed by atoms with Crippen LogP contribution >= 0.6 is 7.75 Å². The Balaban J connectivity index is 1.63. The van der Waals surface area contributed by atoms with E-state index in [1.54, 1.807) is 24.3 Å². The summed E-state index contributed by atoms with van der Waals surface area (Å²) in [6.07, 6.45) is -1.88. The number of hydrogen-bond donors (Lipinski definition) is 4. The molecule has 5 N–H and O–H groups in total. The number of benzene rings is 1. The highest BCUT2D eigenvalue weighted by Gasteiger charge is 2.65. The van der Waals surface area contributed by atoms with E-state index in [1.807, 2.05) is 6.07 Å². The van der Waals surface area contributed by atoms with E-state index in [0.29, 0.717) is 5.52 Å². The molecular weight excluding hydrogens is 519 g/mol. The van der Waals surface area contributed by atoms with Crippen molar-refractivity contribution in [2.24, 2.45) is 0 Å². The van der Waals surface area contributed by atoms with Gasteiger partial charge in [-0.25, -0.2) is 14.1 Å². The number of para-hydroxylation sites is 1. The molecule has 1 unspecified atom stereocenters. The molecule has 1 aliphatic rings. The van der Waals surface area contributed by atoms with Gasteiger partial charge in [-0.05, 0) is 38.1 Å². The molecule has 1 fully saturated rings. The lowest BCUT2D eigenvalue weighted by Crippen LogP contribution is -2.52. The van der Waals surface area contributed by atoms with Crippen molar-refractivity contribution in [3.63, 3.8) is 0 Å². The lowest BCUT2D eigenvalue weighted by Gasteiger charge is -2.33. The zero-order valence-electron chi connectivity index (χ0n) is 20.7. The highest BCUT2D eigenvalue weighted by Crippen LogP contribution is 2.50. The number of nitriles is 1. The summed E-state index contributed by atoms with van der Waals surface area (Å²) in [4.78, 5) is 15.9. The van der Waals surface area contributed by atoms with Crippen LogP contribution in [0.4, 0.5) is 5.82 Å². The number of anilines is 1. The average molecular weight is 546 g/mol. The molecule has 3 heterocycles. The monoisotopic (exact) mass is 546 g/mol. The van der Waals surface area contributed by atoms with Crippen molar-refractivity contribution in [3.05, 3.63) is 54.5 Å².